The van der Waals surface area contributed by atoms with Crippen LogP contribution in [0.25, 0.3) is 43.9 Å². The molecule has 0 saturated heterocycles. The zero-order valence-electron chi connectivity index (χ0n) is 17.0. The topological polar surface area (TPSA) is 63.3 Å². The van der Waals surface area contributed by atoms with E-state index in [2.05, 4.69) is 36.4 Å². The van der Waals surface area contributed by atoms with E-state index in [-0.39, 0.29) is 31.6 Å². The number of rotatable bonds is 2. The zero-order chi connectivity index (χ0) is 21.1. The van der Waals surface area contributed by atoms with Gasteiger partial charge < -0.3 is 9.52 Å². The van der Waals surface area contributed by atoms with Crippen LogP contribution in [0.4, 0.5) is 0 Å². The Hall–Kier alpha value is -3.27. The number of aliphatic hydroxyl groups is 1. The first-order chi connectivity index (χ1) is 14.5. The number of para-hydroxylation sites is 1. The average Bonchev–Trinajstić information content (AvgIpc) is 3.22. The second-order valence-corrected chi connectivity index (χ2v) is 7.00. The molecule has 0 aliphatic carbocycles. The molecule has 0 unspecified atom stereocenters. The molecule has 0 amide bonds. The van der Waals surface area contributed by atoms with Gasteiger partial charge >= 0.3 is 0 Å². The Morgan fingerprint density at radius 2 is 1.71 bits per heavy atom. The summed E-state index contributed by atoms with van der Waals surface area (Å²) in [5.41, 5.74) is 3.58. The number of nitrogens with zero attached hydrogens (tertiary/aromatic N) is 1. The molecule has 2 aromatic heterocycles. The number of carbonyl (C=O) groups is 1. The van der Waals surface area contributed by atoms with Crippen LogP contribution in [0.3, 0.4) is 0 Å². The SMILES string of the molecule is CC(=O)/C=C(/C)O.[Ir].[c-]1c(-c2nc3ccccc3c3ccoc23)ccc2ccccc12. The van der Waals surface area contributed by atoms with Gasteiger partial charge in [0.05, 0.1) is 17.5 Å². The number of aromatic nitrogens is 1. The third-order valence-electron chi connectivity index (χ3n) is 4.63. The molecule has 0 saturated carbocycles. The predicted octanol–water partition coefficient (Wildman–Crippen LogP) is 6.64. The maximum Gasteiger partial charge on any atom is 0.155 e. The van der Waals surface area contributed by atoms with Crippen molar-refractivity contribution >= 4 is 38.4 Å². The Labute approximate surface area is 193 Å². The number of furan rings is 1. The molecule has 0 fully saturated rings. The number of ketones is 1. The van der Waals surface area contributed by atoms with Gasteiger partial charge in [0.2, 0.25) is 0 Å². The molecule has 1 N–H and O–H groups in total. The van der Waals surface area contributed by atoms with E-state index in [9.17, 15) is 4.79 Å². The summed E-state index contributed by atoms with van der Waals surface area (Å²) in [7, 11) is 0. The van der Waals surface area contributed by atoms with Crippen molar-refractivity contribution in [3.05, 3.63) is 90.9 Å². The molecule has 0 bridgehead atoms. The number of carbonyl (C=O) groups excluding carboxylic acids is 1. The number of aliphatic hydroxyl groups excluding tert-OH is 1. The molecule has 2 heterocycles. The minimum atomic E-state index is -0.125. The summed E-state index contributed by atoms with van der Waals surface area (Å²) in [4.78, 5) is 14.8. The van der Waals surface area contributed by atoms with E-state index in [1.54, 1.807) is 6.26 Å². The van der Waals surface area contributed by atoms with Crippen LogP contribution in [-0.2, 0) is 24.9 Å². The van der Waals surface area contributed by atoms with Crippen LogP contribution in [0.1, 0.15) is 13.8 Å². The maximum absolute atomic E-state index is 10.0. The summed E-state index contributed by atoms with van der Waals surface area (Å²) in [5.74, 6) is -0.0625. The molecule has 157 valence electrons. The van der Waals surface area contributed by atoms with Gasteiger partial charge in [0.15, 0.2) is 5.78 Å². The number of hydrogen-bond donors (Lipinski definition) is 1. The van der Waals surface area contributed by atoms with E-state index < -0.39 is 0 Å². The maximum atomic E-state index is 10.0. The Morgan fingerprint density at radius 1 is 0.968 bits per heavy atom. The van der Waals surface area contributed by atoms with Gasteiger partial charge in [-0.25, -0.2) is 0 Å². The largest absolute Gasteiger partial charge is 0.512 e. The second-order valence-electron chi connectivity index (χ2n) is 7.00. The minimum absolute atomic E-state index is 0. The molecule has 0 aliphatic rings. The Bertz CT molecular complexity index is 1400. The van der Waals surface area contributed by atoms with Crippen LogP contribution < -0.4 is 0 Å². The molecular formula is C26H20IrNO3-. The standard InChI is InChI=1S/C21H12NO.C5H8O2.Ir/c1-2-6-15-13-16(10-9-14(15)5-1)20-21-18(11-12-23-21)17-7-3-4-8-19(17)22-20;1-4(6)3-5(2)7;/h1-12H;3,6H,1-2H3;/q-1;;/b;4-3-;. The van der Waals surface area contributed by atoms with Gasteiger partial charge in [-0.2, -0.15) is 0 Å². The number of hydrogen-bond acceptors (Lipinski definition) is 4. The first-order valence-corrected chi connectivity index (χ1v) is 9.58. The summed E-state index contributed by atoms with van der Waals surface area (Å²) in [6, 6.07) is 26.0. The molecule has 5 rings (SSSR count). The molecule has 31 heavy (non-hydrogen) atoms. The minimum Gasteiger partial charge on any atom is -0.512 e. The van der Waals surface area contributed by atoms with Crippen LogP contribution in [0, 0.1) is 6.07 Å². The van der Waals surface area contributed by atoms with Gasteiger partial charge in [-0.15, -0.1) is 29.7 Å². The summed E-state index contributed by atoms with van der Waals surface area (Å²) >= 11 is 0. The quantitative estimate of drug-likeness (QED) is 0.143. The van der Waals surface area contributed by atoms with Crippen LogP contribution >= 0.6 is 0 Å². The fourth-order valence-electron chi connectivity index (χ4n) is 3.41. The molecule has 3 aromatic carbocycles. The summed E-state index contributed by atoms with van der Waals surface area (Å²) in [6.07, 6.45) is 2.89. The molecule has 4 nitrogen and oxygen atoms in total. The van der Waals surface area contributed by atoms with Crippen molar-refractivity contribution in [1.82, 2.24) is 4.98 Å². The smallest absolute Gasteiger partial charge is 0.155 e. The monoisotopic (exact) mass is 587 g/mol. The normalized spacial score (nSPS) is 11.1. The molecule has 5 heteroatoms. The first kappa shape index (κ1) is 22.4. The van der Waals surface area contributed by atoms with Crippen LogP contribution in [0.2, 0.25) is 0 Å². The number of fused-ring (bicyclic) bond motifs is 4. The van der Waals surface area contributed by atoms with Crippen molar-refractivity contribution in [1.29, 1.82) is 0 Å². The fraction of sp³-hybridized carbons (Fsp3) is 0.0769. The van der Waals surface area contributed by atoms with E-state index in [0.717, 1.165) is 38.5 Å². The fourth-order valence-corrected chi connectivity index (χ4v) is 3.41. The summed E-state index contributed by atoms with van der Waals surface area (Å²) in [5, 5.41) is 12.8. The average molecular weight is 587 g/mol. The van der Waals surface area contributed by atoms with E-state index in [4.69, 9.17) is 14.5 Å². The van der Waals surface area contributed by atoms with Crippen molar-refractivity contribution in [2.45, 2.75) is 13.8 Å². The molecule has 0 atom stereocenters. The molecular weight excluding hydrogens is 567 g/mol. The van der Waals surface area contributed by atoms with E-state index in [1.807, 2.05) is 36.4 Å². The van der Waals surface area contributed by atoms with Crippen LogP contribution in [0.5, 0.6) is 0 Å². The van der Waals surface area contributed by atoms with Gasteiger partial charge in [-0.3, -0.25) is 9.78 Å². The van der Waals surface area contributed by atoms with Gasteiger partial charge in [0.1, 0.15) is 5.58 Å². The second kappa shape index (κ2) is 9.69. The molecule has 1 radical (unpaired) electrons. The summed E-state index contributed by atoms with van der Waals surface area (Å²) in [6.45, 7) is 2.85. The number of allylic oxidation sites excluding steroid dienone is 2. The van der Waals surface area contributed by atoms with Crippen LogP contribution in [0.15, 0.2) is 89.2 Å². The van der Waals surface area contributed by atoms with Crippen molar-refractivity contribution < 1.29 is 34.4 Å². The van der Waals surface area contributed by atoms with Gasteiger partial charge in [-0.05, 0) is 26.0 Å². The number of pyridine rings is 1. The third-order valence-corrected chi connectivity index (χ3v) is 4.63. The van der Waals surface area contributed by atoms with Crippen LogP contribution in [-0.4, -0.2) is 15.9 Å². The van der Waals surface area contributed by atoms with Crippen molar-refractivity contribution in [3.8, 4) is 11.3 Å². The first-order valence-electron chi connectivity index (χ1n) is 9.58. The molecule has 5 aromatic rings. The van der Waals surface area contributed by atoms with E-state index >= 15 is 0 Å². The molecule has 0 spiro atoms. The Morgan fingerprint density at radius 3 is 2.45 bits per heavy atom. The van der Waals surface area contributed by atoms with Crippen molar-refractivity contribution in [2.24, 2.45) is 0 Å². The Balaban J connectivity index is 0.000000299. The third kappa shape index (κ3) is 4.90. The van der Waals surface area contributed by atoms with Gasteiger partial charge in [0.25, 0.3) is 0 Å². The van der Waals surface area contributed by atoms with Crippen molar-refractivity contribution in [2.75, 3.05) is 0 Å². The van der Waals surface area contributed by atoms with Gasteiger partial charge in [0, 0.05) is 42.6 Å². The Kier molecular flexibility index (Phi) is 7.01. The predicted molar refractivity (Wildman–Crippen MR) is 120 cm³/mol. The zero-order valence-corrected chi connectivity index (χ0v) is 19.4. The summed E-state index contributed by atoms with van der Waals surface area (Å²) < 4.78 is 5.74. The van der Waals surface area contributed by atoms with Gasteiger partial charge in [-0.1, -0.05) is 47.3 Å². The van der Waals surface area contributed by atoms with E-state index in [1.165, 1.54) is 25.3 Å². The van der Waals surface area contributed by atoms with Crippen molar-refractivity contribution in [3.63, 3.8) is 0 Å². The number of benzene rings is 3. The molecule has 0 aliphatic heterocycles. The van der Waals surface area contributed by atoms with E-state index in [0.29, 0.717) is 0 Å².